The number of rotatable bonds is 4. The Morgan fingerprint density at radius 2 is 1.83 bits per heavy atom. The summed E-state index contributed by atoms with van der Waals surface area (Å²) in [5.41, 5.74) is 0. The van der Waals surface area contributed by atoms with Crippen LogP contribution in [-0.4, -0.2) is 33.1 Å². The monoisotopic (exact) mass is 371 g/mol. The molecule has 0 spiro atoms. The van der Waals surface area contributed by atoms with E-state index in [9.17, 15) is 8.42 Å². The van der Waals surface area contributed by atoms with Crippen LogP contribution in [0.4, 0.5) is 0 Å². The molecule has 0 saturated carbocycles. The Hall–Kier alpha value is -0.823. The minimum Gasteiger partial charge on any atom is -0.547 e. The molecule has 126 valence electrons. The average molecular weight is 372 g/mol. The van der Waals surface area contributed by atoms with Crippen molar-refractivity contribution in [1.29, 1.82) is 0 Å². The molecule has 2 aliphatic heterocycles. The third-order valence-electron chi connectivity index (χ3n) is 4.12. The number of fused-ring (bicyclic) bond motifs is 2. The maximum absolute atomic E-state index is 13.0. The van der Waals surface area contributed by atoms with E-state index in [4.69, 9.17) is 16.0 Å². The number of sulfonamides is 1. The number of benzene rings is 1. The highest BCUT2D eigenvalue weighted by atomic mass is 35.5. The Morgan fingerprint density at radius 1 is 1.17 bits per heavy atom. The van der Waals surface area contributed by atoms with Gasteiger partial charge in [0.2, 0.25) is 18.3 Å². The molecular weight excluding hydrogens is 350 g/mol. The molecular formula is C16H22ClNO3SSi. The Kier molecular flexibility index (Phi) is 4.38. The van der Waals surface area contributed by atoms with Gasteiger partial charge in [-0.05, 0) is 62.8 Å². The van der Waals surface area contributed by atoms with E-state index < -0.39 is 18.3 Å². The van der Waals surface area contributed by atoms with Crippen LogP contribution in [0.1, 0.15) is 19.3 Å². The van der Waals surface area contributed by atoms with Gasteiger partial charge in [-0.15, -0.1) is 0 Å². The van der Waals surface area contributed by atoms with Crippen LogP contribution < -0.4 is 0 Å². The van der Waals surface area contributed by atoms with E-state index in [1.807, 2.05) is 6.08 Å². The lowest BCUT2D eigenvalue weighted by molar-refractivity contribution is 0.280. The summed E-state index contributed by atoms with van der Waals surface area (Å²) in [6, 6.07) is 6.30. The standard InChI is InChI=1S/C16H22ClNO3SSi/c1-23(2,3)21-15-10-13-6-7-14(11-15)18(13)22(19,20)16-8-4-12(17)5-9-16/h4-5,8-10,13-14H,6-7,11H2,1-3H3. The molecule has 2 bridgehead atoms. The zero-order valence-corrected chi connectivity index (χ0v) is 16.2. The third kappa shape index (κ3) is 3.50. The second-order valence-electron chi connectivity index (χ2n) is 7.14. The third-order valence-corrected chi connectivity index (χ3v) is 7.24. The van der Waals surface area contributed by atoms with E-state index in [1.54, 1.807) is 28.6 Å². The summed E-state index contributed by atoms with van der Waals surface area (Å²) in [7, 11) is -5.16. The molecule has 0 N–H and O–H groups in total. The van der Waals surface area contributed by atoms with Crippen molar-refractivity contribution < 1.29 is 12.8 Å². The first-order chi connectivity index (χ1) is 10.7. The minimum absolute atomic E-state index is 0.00275. The molecule has 7 heteroatoms. The van der Waals surface area contributed by atoms with Crippen molar-refractivity contribution in [3.05, 3.63) is 41.1 Å². The lowest BCUT2D eigenvalue weighted by Crippen LogP contribution is -2.44. The maximum atomic E-state index is 13.0. The molecule has 2 aliphatic rings. The Morgan fingerprint density at radius 3 is 2.39 bits per heavy atom. The highest BCUT2D eigenvalue weighted by molar-refractivity contribution is 7.89. The number of halogens is 1. The second-order valence-corrected chi connectivity index (χ2v) is 13.8. The van der Waals surface area contributed by atoms with Gasteiger partial charge in [0.15, 0.2) is 0 Å². The molecule has 0 radical (unpaired) electrons. The minimum atomic E-state index is -3.50. The predicted molar refractivity (Wildman–Crippen MR) is 94.4 cm³/mol. The molecule has 23 heavy (non-hydrogen) atoms. The lowest BCUT2D eigenvalue weighted by Gasteiger charge is -2.34. The summed E-state index contributed by atoms with van der Waals surface area (Å²) in [6.07, 6.45) is 4.42. The summed E-state index contributed by atoms with van der Waals surface area (Å²) in [4.78, 5) is 0.307. The van der Waals surface area contributed by atoms with Crippen LogP contribution >= 0.6 is 11.6 Å². The molecule has 0 aliphatic carbocycles. The molecule has 4 nitrogen and oxygen atoms in total. The van der Waals surface area contributed by atoms with E-state index in [1.165, 1.54) is 0 Å². The summed E-state index contributed by atoms with van der Waals surface area (Å²) in [5.74, 6) is 0.972. The zero-order chi connectivity index (χ0) is 16.8. The van der Waals surface area contributed by atoms with Gasteiger partial charge in [-0.25, -0.2) is 8.42 Å². The van der Waals surface area contributed by atoms with Crippen molar-refractivity contribution in [2.45, 2.75) is 55.9 Å². The van der Waals surface area contributed by atoms with Crippen LogP contribution in [-0.2, 0) is 14.4 Å². The normalized spacial score (nSPS) is 25.3. The Balaban J connectivity index is 1.89. The average Bonchev–Trinajstić information content (AvgIpc) is 2.71. The first-order valence-corrected chi connectivity index (χ1v) is 13.1. The fourth-order valence-electron chi connectivity index (χ4n) is 3.32. The molecule has 2 atom stereocenters. The first kappa shape index (κ1) is 17.0. The first-order valence-electron chi connectivity index (χ1n) is 7.86. The lowest BCUT2D eigenvalue weighted by atomic mass is 10.1. The highest BCUT2D eigenvalue weighted by Crippen LogP contribution is 2.39. The van der Waals surface area contributed by atoms with Crippen molar-refractivity contribution in [3.63, 3.8) is 0 Å². The van der Waals surface area contributed by atoms with Crippen molar-refractivity contribution >= 4 is 29.9 Å². The largest absolute Gasteiger partial charge is 0.547 e. The van der Waals surface area contributed by atoms with Crippen LogP contribution in [0.5, 0.6) is 0 Å². The van der Waals surface area contributed by atoms with Gasteiger partial charge in [-0.2, -0.15) is 4.31 Å². The van der Waals surface area contributed by atoms with E-state index >= 15 is 0 Å². The molecule has 0 aromatic heterocycles. The number of hydrogen-bond donors (Lipinski definition) is 0. The predicted octanol–water partition coefficient (Wildman–Crippen LogP) is 4.00. The van der Waals surface area contributed by atoms with Gasteiger partial charge in [0.05, 0.1) is 10.7 Å². The molecule has 1 fully saturated rings. The van der Waals surface area contributed by atoms with Crippen molar-refractivity contribution in [2.75, 3.05) is 0 Å². The molecule has 3 rings (SSSR count). The molecule has 1 aromatic carbocycles. The van der Waals surface area contributed by atoms with Crippen molar-refractivity contribution in [2.24, 2.45) is 0 Å². The van der Waals surface area contributed by atoms with Crippen molar-refractivity contribution in [3.8, 4) is 0 Å². The number of hydrogen-bond acceptors (Lipinski definition) is 3. The number of nitrogens with zero attached hydrogens (tertiary/aromatic N) is 1. The van der Waals surface area contributed by atoms with Crippen LogP contribution in [0.3, 0.4) is 0 Å². The van der Waals surface area contributed by atoms with Gasteiger partial charge >= 0.3 is 0 Å². The van der Waals surface area contributed by atoms with Gasteiger partial charge in [-0.1, -0.05) is 11.6 Å². The van der Waals surface area contributed by atoms with E-state index in [2.05, 4.69) is 19.6 Å². The summed E-state index contributed by atoms with van der Waals surface area (Å²) in [5, 5.41) is 0.538. The van der Waals surface area contributed by atoms with Gasteiger partial charge in [0.1, 0.15) is 0 Å². The van der Waals surface area contributed by atoms with Crippen LogP contribution in [0.2, 0.25) is 24.7 Å². The maximum Gasteiger partial charge on any atom is 0.243 e. The van der Waals surface area contributed by atoms with Crippen LogP contribution in [0.25, 0.3) is 0 Å². The fraction of sp³-hybridized carbons (Fsp3) is 0.500. The fourth-order valence-corrected chi connectivity index (χ4v) is 6.21. The van der Waals surface area contributed by atoms with Gasteiger partial charge in [-0.3, -0.25) is 0 Å². The second kappa shape index (κ2) is 5.92. The molecule has 2 unspecified atom stereocenters. The van der Waals surface area contributed by atoms with Gasteiger partial charge in [0.25, 0.3) is 0 Å². The summed E-state index contributed by atoms with van der Waals surface area (Å²) in [6.45, 7) is 6.44. The molecule has 2 heterocycles. The Labute approximate surface area is 144 Å². The Bertz CT molecular complexity index is 725. The highest BCUT2D eigenvalue weighted by Gasteiger charge is 2.45. The van der Waals surface area contributed by atoms with Gasteiger partial charge in [0, 0.05) is 23.5 Å². The zero-order valence-electron chi connectivity index (χ0n) is 13.6. The van der Waals surface area contributed by atoms with E-state index in [0.717, 1.165) is 18.6 Å². The quantitative estimate of drug-likeness (QED) is 0.751. The van der Waals surface area contributed by atoms with Crippen molar-refractivity contribution in [1.82, 2.24) is 4.31 Å². The smallest absolute Gasteiger partial charge is 0.243 e. The molecule has 0 amide bonds. The molecule has 1 aromatic rings. The van der Waals surface area contributed by atoms with Crippen LogP contribution in [0.15, 0.2) is 41.0 Å². The SMILES string of the molecule is C[Si](C)(C)OC1=CC2CCC(C1)N2S(=O)(=O)c1ccc(Cl)cc1. The topological polar surface area (TPSA) is 46.6 Å². The van der Waals surface area contributed by atoms with Crippen LogP contribution in [0, 0.1) is 0 Å². The van der Waals surface area contributed by atoms with Gasteiger partial charge < -0.3 is 4.43 Å². The van der Waals surface area contributed by atoms with E-state index in [-0.39, 0.29) is 12.1 Å². The summed E-state index contributed by atoms with van der Waals surface area (Å²) >= 11 is 5.87. The molecule has 1 saturated heterocycles. The summed E-state index contributed by atoms with van der Waals surface area (Å²) < 4.78 is 33.7. The van der Waals surface area contributed by atoms with E-state index in [0.29, 0.717) is 16.3 Å².